The van der Waals surface area contributed by atoms with Crippen LogP contribution in [-0.2, 0) is 11.2 Å². The summed E-state index contributed by atoms with van der Waals surface area (Å²) in [6.07, 6.45) is 2.06. The highest BCUT2D eigenvalue weighted by molar-refractivity contribution is 7.14. The Balaban J connectivity index is 1.96. The molecule has 7 heteroatoms. The van der Waals surface area contributed by atoms with E-state index in [9.17, 15) is 14.0 Å². The summed E-state index contributed by atoms with van der Waals surface area (Å²) in [5, 5.41) is 4.87. The van der Waals surface area contributed by atoms with E-state index >= 15 is 0 Å². The first-order chi connectivity index (χ1) is 12.0. The summed E-state index contributed by atoms with van der Waals surface area (Å²) in [5.41, 5.74) is 0.993. The molecule has 0 spiro atoms. The van der Waals surface area contributed by atoms with E-state index in [1.165, 1.54) is 35.6 Å². The number of anilines is 1. The average molecular weight is 363 g/mol. The predicted octanol–water partition coefficient (Wildman–Crippen LogP) is 3.73. The number of benzene rings is 1. The number of aromatic nitrogens is 1. The van der Waals surface area contributed by atoms with E-state index in [2.05, 4.69) is 10.3 Å². The van der Waals surface area contributed by atoms with Gasteiger partial charge in [-0.15, -0.1) is 11.3 Å². The summed E-state index contributed by atoms with van der Waals surface area (Å²) in [5.74, 6) is -0.702. The minimum absolute atomic E-state index is 0.0467. The number of halogens is 1. The first kappa shape index (κ1) is 19.1. The maximum atomic E-state index is 12.9. The van der Waals surface area contributed by atoms with Gasteiger partial charge in [0.15, 0.2) is 5.13 Å². The first-order valence-corrected chi connectivity index (χ1v) is 9.20. The molecule has 1 aromatic heterocycles. The van der Waals surface area contributed by atoms with Gasteiger partial charge in [-0.05, 0) is 37.1 Å². The van der Waals surface area contributed by atoms with Gasteiger partial charge in [0.1, 0.15) is 5.82 Å². The molecular weight excluding hydrogens is 341 g/mol. The van der Waals surface area contributed by atoms with Gasteiger partial charge in [-0.25, -0.2) is 9.37 Å². The molecule has 1 heterocycles. The predicted molar refractivity (Wildman–Crippen MR) is 97.3 cm³/mol. The highest BCUT2D eigenvalue weighted by atomic mass is 32.1. The fourth-order valence-electron chi connectivity index (χ4n) is 2.38. The van der Waals surface area contributed by atoms with Gasteiger partial charge in [-0.3, -0.25) is 14.9 Å². The van der Waals surface area contributed by atoms with Crippen LogP contribution in [0.4, 0.5) is 9.52 Å². The second-order valence-electron chi connectivity index (χ2n) is 5.66. The Morgan fingerprint density at radius 3 is 2.40 bits per heavy atom. The zero-order chi connectivity index (χ0) is 18.2. The van der Waals surface area contributed by atoms with Crippen LogP contribution >= 0.6 is 11.3 Å². The zero-order valence-corrected chi connectivity index (χ0v) is 15.2. The lowest BCUT2D eigenvalue weighted by molar-refractivity contribution is -0.130. The van der Waals surface area contributed by atoms with Crippen LogP contribution in [0.15, 0.2) is 29.6 Å². The maximum Gasteiger partial charge on any atom is 0.257 e. The van der Waals surface area contributed by atoms with Crippen LogP contribution in [0.25, 0.3) is 0 Å². The van der Waals surface area contributed by atoms with Crippen molar-refractivity contribution in [2.75, 3.05) is 18.4 Å². The van der Waals surface area contributed by atoms with Crippen LogP contribution in [0.1, 0.15) is 42.7 Å². The Bertz CT molecular complexity index is 709. The molecular formula is C18H22FN3O2S. The lowest BCUT2D eigenvalue weighted by atomic mass is 10.2. The number of amides is 2. The molecule has 2 rings (SSSR count). The molecule has 0 aliphatic rings. The topological polar surface area (TPSA) is 62.3 Å². The van der Waals surface area contributed by atoms with Crippen LogP contribution in [0.2, 0.25) is 0 Å². The summed E-state index contributed by atoms with van der Waals surface area (Å²) in [7, 11) is 0. The Morgan fingerprint density at radius 2 is 1.80 bits per heavy atom. The molecule has 134 valence electrons. The van der Waals surface area contributed by atoms with Crippen LogP contribution in [-0.4, -0.2) is 34.8 Å². The van der Waals surface area contributed by atoms with Gasteiger partial charge < -0.3 is 4.90 Å². The number of hydrogen-bond acceptors (Lipinski definition) is 4. The molecule has 0 aliphatic heterocycles. The van der Waals surface area contributed by atoms with Gasteiger partial charge in [-0.1, -0.05) is 13.8 Å². The average Bonchev–Trinajstić information content (AvgIpc) is 3.02. The summed E-state index contributed by atoms with van der Waals surface area (Å²) >= 11 is 1.27. The molecule has 2 amide bonds. The molecule has 0 saturated carbocycles. The van der Waals surface area contributed by atoms with E-state index < -0.39 is 5.82 Å². The normalized spacial score (nSPS) is 10.5. The van der Waals surface area contributed by atoms with E-state index in [0.717, 1.165) is 25.9 Å². The van der Waals surface area contributed by atoms with Crippen molar-refractivity contribution in [3.8, 4) is 0 Å². The number of nitrogens with zero attached hydrogens (tertiary/aromatic N) is 2. The Hall–Kier alpha value is -2.28. The third kappa shape index (κ3) is 5.63. The molecule has 2 aromatic rings. The van der Waals surface area contributed by atoms with E-state index in [4.69, 9.17) is 0 Å². The van der Waals surface area contributed by atoms with E-state index in [-0.39, 0.29) is 18.2 Å². The smallest absolute Gasteiger partial charge is 0.257 e. The highest BCUT2D eigenvalue weighted by Gasteiger charge is 2.15. The zero-order valence-electron chi connectivity index (χ0n) is 14.4. The first-order valence-electron chi connectivity index (χ1n) is 8.32. The van der Waals surface area contributed by atoms with Crippen LogP contribution in [0.5, 0.6) is 0 Å². The second-order valence-corrected chi connectivity index (χ2v) is 6.52. The number of hydrogen-bond donors (Lipinski definition) is 1. The number of thiazole rings is 1. The number of nitrogens with one attached hydrogen (secondary N) is 1. The van der Waals surface area contributed by atoms with Crippen molar-refractivity contribution in [3.63, 3.8) is 0 Å². The highest BCUT2D eigenvalue weighted by Crippen LogP contribution is 2.18. The largest absolute Gasteiger partial charge is 0.342 e. The molecule has 0 radical (unpaired) electrons. The quantitative estimate of drug-likeness (QED) is 0.777. The molecule has 1 aromatic carbocycles. The molecule has 25 heavy (non-hydrogen) atoms. The fraction of sp³-hybridized carbons (Fsp3) is 0.389. The number of rotatable bonds is 8. The molecule has 0 bridgehead atoms. The molecule has 0 fully saturated rings. The molecule has 0 aliphatic carbocycles. The SMILES string of the molecule is CCCN(CCC)C(=O)Cc1csc(NC(=O)c2ccc(F)cc2)n1. The molecule has 0 saturated heterocycles. The summed E-state index contributed by atoms with van der Waals surface area (Å²) in [4.78, 5) is 30.6. The lowest BCUT2D eigenvalue weighted by Gasteiger charge is -2.20. The van der Waals surface area contributed by atoms with E-state index in [1.807, 2.05) is 18.7 Å². The van der Waals surface area contributed by atoms with Gasteiger partial charge in [0.05, 0.1) is 12.1 Å². The van der Waals surface area contributed by atoms with Crippen LogP contribution < -0.4 is 5.32 Å². The lowest BCUT2D eigenvalue weighted by Crippen LogP contribution is -2.33. The Labute approximate surface area is 150 Å². The molecule has 5 nitrogen and oxygen atoms in total. The minimum atomic E-state index is -0.393. The monoisotopic (exact) mass is 363 g/mol. The van der Waals surface area contributed by atoms with Crippen molar-refractivity contribution in [1.29, 1.82) is 0 Å². The van der Waals surface area contributed by atoms with Crippen LogP contribution in [0.3, 0.4) is 0 Å². The second kappa shape index (κ2) is 9.27. The molecule has 0 atom stereocenters. The van der Waals surface area contributed by atoms with Crippen molar-refractivity contribution in [2.24, 2.45) is 0 Å². The van der Waals surface area contributed by atoms with Crippen molar-refractivity contribution >= 4 is 28.3 Å². The van der Waals surface area contributed by atoms with Gasteiger partial charge in [0.25, 0.3) is 5.91 Å². The third-order valence-electron chi connectivity index (χ3n) is 3.55. The van der Waals surface area contributed by atoms with Crippen molar-refractivity contribution < 1.29 is 14.0 Å². The van der Waals surface area contributed by atoms with Crippen LogP contribution in [0, 0.1) is 5.82 Å². The van der Waals surface area contributed by atoms with Gasteiger partial charge >= 0.3 is 0 Å². The molecule has 0 unspecified atom stereocenters. The summed E-state index contributed by atoms with van der Waals surface area (Å²) in [6.45, 7) is 5.57. The third-order valence-corrected chi connectivity index (χ3v) is 4.36. The Kier molecular flexibility index (Phi) is 7.06. The molecule has 1 N–H and O–H groups in total. The number of carbonyl (C=O) groups excluding carboxylic acids is 2. The number of carbonyl (C=O) groups is 2. The Morgan fingerprint density at radius 1 is 1.16 bits per heavy atom. The van der Waals surface area contributed by atoms with Crippen molar-refractivity contribution in [1.82, 2.24) is 9.88 Å². The van der Waals surface area contributed by atoms with Gasteiger partial charge in [0.2, 0.25) is 5.91 Å². The fourth-order valence-corrected chi connectivity index (χ4v) is 3.09. The minimum Gasteiger partial charge on any atom is -0.342 e. The summed E-state index contributed by atoms with van der Waals surface area (Å²) in [6, 6.07) is 5.29. The van der Waals surface area contributed by atoms with Crippen molar-refractivity contribution in [2.45, 2.75) is 33.1 Å². The standard InChI is InChI=1S/C18H22FN3O2S/c1-3-9-22(10-4-2)16(23)11-15-12-25-18(20-15)21-17(24)13-5-7-14(19)8-6-13/h5-8,12H,3-4,9-11H2,1-2H3,(H,20,21,24). The van der Waals surface area contributed by atoms with E-state index in [1.54, 1.807) is 5.38 Å². The van der Waals surface area contributed by atoms with E-state index in [0.29, 0.717) is 16.4 Å². The van der Waals surface area contributed by atoms with Gasteiger partial charge in [0, 0.05) is 24.0 Å². The van der Waals surface area contributed by atoms with Crippen molar-refractivity contribution in [3.05, 3.63) is 46.7 Å². The maximum absolute atomic E-state index is 12.9. The van der Waals surface area contributed by atoms with Gasteiger partial charge in [-0.2, -0.15) is 0 Å². The summed E-state index contributed by atoms with van der Waals surface area (Å²) < 4.78 is 12.9.